The van der Waals surface area contributed by atoms with E-state index in [1.165, 1.54) is 0 Å². The molecule has 0 amide bonds. The van der Waals surface area contributed by atoms with E-state index in [4.69, 9.17) is 4.74 Å². The lowest BCUT2D eigenvalue weighted by Gasteiger charge is -2.11. The molecule has 0 aliphatic heterocycles. The van der Waals surface area contributed by atoms with Crippen LogP contribution in [0.4, 0.5) is 19.1 Å². The van der Waals surface area contributed by atoms with E-state index in [0.717, 1.165) is 18.9 Å². The van der Waals surface area contributed by atoms with Gasteiger partial charge in [-0.25, -0.2) is 4.98 Å². The molecule has 0 spiro atoms. The quantitative estimate of drug-likeness (QED) is 0.885. The first-order chi connectivity index (χ1) is 8.49. The van der Waals surface area contributed by atoms with E-state index in [9.17, 15) is 13.2 Å². The van der Waals surface area contributed by atoms with E-state index < -0.39 is 11.9 Å². The topological polar surface area (TPSA) is 47.0 Å². The maximum atomic E-state index is 12.6. The third kappa shape index (κ3) is 3.48. The summed E-state index contributed by atoms with van der Waals surface area (Å²) in [4.78, 5) is 7.30. The van der Waals surface area contributed by atoms with Crippen molar-refractivity contribution in [3.05, 3.63) is 11.8 Å². The number of nitrogens with one attached hydrogen (secondary N) is 1. The Morgan fingerprint density at radius 1 is 1.39 bits per heavy atom. The molecule has 1 fully saturated rings. The zero-order valence-electron chi connectivity index (χ0n) is 9.92. The summed E-state index contributed by atoms with van der Waals surface area (Å²) in [6.07, 6.45) is -2.36. The lowest BCUT2D eigenvalue weighted by Crippen LogP contribution is -2.13. The molecule has 0 atom stereocenters. The molecule has 2 rings (SSSR count). The van der Waals surface area contributed by atoms with Crippen molar-refractivity contribution in [2.24, 2.45) is 5.92 Å². The summed E-state index contributed by atoms with van der Waals surface area (Å²) in [6, 6.07) is 0.837. The summed E-state index contributed by atoms with van der Waals surface area (Å²) in [5.41, 5.74) is -0.987. The molecular formula is C11H14F3N3O. The summed E-state index contributed by atoms with van der Waals surface area (Å²) in [7, 11) is 0. The second-order valence-corrected chi connectivity index (χ2v) is 4.20. The van der Waals surface area contributed by atoms with Gasteiger partial charge in [-0.05, 0) is 25.7 Å². The number of halogens is 3. The molecule has 1 saturated carbocycles. The number of anilines is 1. The van der Waals surface area contributed by atoms with Crippen LogP contribution in [0.3, 0.4) is 0 Å². The summed E-state index contributed by atoms with van der Waals surface area (Å²) >= 11 is 0. The molecule has 7 heteroatoms. The smallest absolute Gasteiger partial charge is 0.433 e. The first-order valence-electron chi connectivity index (χ1n) is 5.82. The molecule has 1 N–H and O–H groups in total. The van der Waals surface area contributed by atoms with Gasteiger partial charge in [-0.15, -0.1) is 0 Å². The molecule has 0 saturated heterocycles. The number of hydrogen-bond donors (Lipinski definition) is 1. The normalized spacial score (nSPS) is 15.6. The number of ether oxygens (including phenoxy) is 1. The summed E-state index contributed by atoms with van der Waals surface area (Å²) in [5.74, 6) is 0.371. The maximum absolute atomic E-state index is 12.6. The minimum Gasteiger partial charge on any atom is -0.477 e. The number of nitrogens with zero attached hydrogens (tertiary/aromatic N) is 2. The zero-order chi connectivity index (χ0) is 13.2. The first-order valence-corrected chi connectivity index (χ1v) is 5.82. The molecule has 0 bridgehead atoms. The van der Waals surface area contributed by atoms with Crippen molar-refractivity contribution in [1.82, 2.24) is 9.97 Å². The molecule has 0 unspecified atom stereocenters. The van der Waals surface area contributed by atoms with Crippen molar-refractivity contribution in [1.29, 1.82) is 0 Å². The van der Waals surface area contributed by atoms with Crippen LogP contribution in [-0.2, 0) is 6.18 Å². The predicted octanol–water partition coefficient (Wildman–Crippen LogP) is 2.72. The lowest BCUT2D eigenvalue weighted by atomic mass is 10.4. The summed E-state index contributed by atoms with van der Waals surface area (Å²) < 4.78 is 43.1. The Hall–Kier alpha value is -1.53. The lowest BCUT2D eigenvalue weighted by molar-refractivity contribution is -0.141. The second kappa shape index (κ2) is 4.99. The van der Waals surface area contributed by atoms with Crippen LogP contribution in [0.1, 0.15) is 25.5 Å². The Morgan fingerprint density at radius 2 is 2.11 bits per heavy atom. The van der Waals surface area contributed by atoms with Gasteiger partial charge >= 0.3 is 6.18 Å². The highest BCUT2D eigenvalue weighted by atomic mass is 19.4. The molecule has 1 aliphatic carbocycles. The third-order valence-corrected chi connectivity index (χ3v) is 2.49. The number of hydrogen-bond acceptors (Lipinski definition) is 4. The van der Waals surface area contributed by atoms with Crippen LogP contribution in [0.2, 0.25) is 0 Å². The molecule has 100 valence electrons. The van der Waals surface area contributed by atoms with Crippen molar-refractivity contribution in [3.63, 3.8) is 0 Å². The Labute approximate surface area is 103 Å². The maximum Gasteiger partial charge on any atom is 0.433 e. The fraction of sp³-hybridized carbons (Fsp3) is 0.636. The van der Waals surface area contributed by atoms with Gasteiger partial charge in [0.2, 0.25) is 11.8 Å². The van der Waals surface area contributed by atoms with Gasteiger partial charge in [0.15, 0.2) is 5.69 Å². The van der Waals surface area contributed by atoms with E-state index in [-0.39, 0.29) is 11.8 Å². The van der Waals surface area contributed by atoms with Crippen LogP contribution >= 0.6 is 0 Å². The van der Waals surface area contributed by atoms with Gasteiger partial charge in [0, 0.05) is 12.6 Å². The minimum absolute atomic E-state index is 0.0276. The van der Waals surface area contributed by atoms with Crippen molar-refractivity contribution in [2.75, 3.05) is 18.5 Å². The number of alkyl halides is 3. The fourth-order valence-electron chi connectivity index (χ4n) is 1.37. The van der Waals surface area contributed by atoms with Crippen molar-refractivity contribution < 1.29 is 17.9 Å². The van der Waals surface area contributed by atoms with E-state index in [0.29, 0.717) is 19.1 Å². The number of aromatic nitrogens is 2. The summed E-state index contributed by atoms with van der Waals surface area (Å²) in [6.45, 7) is 2.62. The highest BCUT2D eigenvalue weighted by molar-refractivity contribution is 5.31. The Kier molecular flexibility index (Phi) is 3.58. The molecule has 1 aromatic heterocycles. The zero-order valence-corrected chi connectivity index (χ0v) is 9.92. The molecular weight excluding hydrogens is 247 g/mol. The standard InChI is InChI=1S/C11H14F3N3O/c1-2-15-10-16-8(11(12,13)14)5-9(17-10)18-6-7-3-4-7/h5,7H,2-4,6H2,1H3,(H,15,16,17). The average Bonchev–Trinajstić information content (AvgIpc) is 3.09. The highest BCUT2D eigenvalue weighted by Gasteiger charge is 2.34. The second-order valence-electron chi connectivity index (χ2n) is 4.20. The summed E-state index contributed by atoms with van der Waals surface area (Å²) in [5, 5.41) is 2.66. The van der Waals surface area contributed by atoms with Gasteiger partial charge in [-0.1, -0.05) is 0 Å². The Bertz CT molecular complexity index is 418. The van der Waals surface area contributed by atoms with Crippen LogP contribution in [0.25, 0.3) is 0 Å². The van der Waals surface area contributed by atoms with Crippen LogP contribution in [0.5, 0.6) is 5.88 Å². The highest BCUT2D eigenvalue weighted by Crippen LogP contribution is 2.32. The largest absolute Gasteiger partial charge is 0.477 e. The van der Waals surface area contributed by atoms with E-state index in [1.54, 1.807) is 6.92 Å². The van der Waals surface area contributed by atoms with Crippen LogP contribution in [0.15, 0.2) is 6.07 Å². The van der Waals surface area contributed by atoms with Gasteiger partial charge in [-0.2, -0.15) is 18.2 Å². The molecule has 4 nitrogen and oxygen atoms in total. The Morgan fingerprint density at radius 3 is 2.67 bits per heavy atom. The van der Waals surface area contributed by atoms with Crippen LogP contribution < -0.4 is 10.1 Å². The molecule has 18 heavy (non-hydrogen) atoms. The van der Waals surface area contributed by atoms with E-state index in [2.05, 4.69) is 15.3 Å². The minimum atomic E-state index is -4.50. The van der Waals surface area contributed by atoms with Crippen molar-refractivity contribution in [2.45, 2.75) is 25.9 Å². The third-order valence-electron chi connectivity index (χ3n) is 2.49. The average molecular weight is 261 g/mol. The molecule has 0 radical (unpaired) electrons. The molecule has 1 aliphatic rings. The Balaban J connectivity index is 2.17. The van der Waals surface area contributed by atoms with Gasteiger partial charge in [0.05, 0.1) is 6.61 Å². The van der Waals surface area contributed by atoms with Gasteiger partial charge in [-0.3, -0.25) is 0 Å². The van der Waals surface area contributed by atoms with Gasteiger partial charge < -0.3 is 10.1 Å². The molecule has 1 heterocycles. The predicted molar refractivity (Wildman–Crippen MR) is 59.4 cm³/mol. The van der Waals surface area contributed by atoms with Crippen LogP contribution in [-0.4, -0.2) is 23.1 Å². The molecule has 1 aromatic rings. The van der Waals surface area contributed by atoms with Crippen molar-refractivity contribution >= 4 is 5.95 Å². The SMILES string of the molecule is CCNc1nc(OCC2CC2)cc(C(F)(F)F)n1. The fourth-order valence-corrected chi connectivity index (χ4v) is 1.37. The van der Waals surface area contributed by atoms with E-state index >= 15 is 0 Å². The first kappa shape index (κ1) is 12.9. The monoisotopic (exact) mass is 261 g/mol. The van der Waals surface area contributed by atoms with E-state index in [1.807, 2.05) is 0 Å². The number of rotatable bonds is 5. The van der Waals surface area contributed by atoms with Gasteiger partial charge in [0.25, 0.3) is 0 Å². The molecule has 0 aromatic carbocycles. The van der Waals surface area contributed by atoms with Gasteiger partial charge in [0.1, 0.15) is 0 Å². The van der Waals surface area contributed by atoms with Crippen molar-refractivity contribution in [3.8, 4) is 5.88 Å². The van der Waals surface area contributed by atoms with Crippen LogP contribution in [0, 0.1) is 5.92 Å².